The fraction of sp³-hybridized carbons (Fsp3) is 0.576. The number of alkyl halides is 1. The Bertz CT molecular complexity index is 1830. The van der Waals surface area contributed by atoms with Crippen molar-refractivity contribution >= 4 is 39.2 Å². The number of nitrogens with zero attached hydrogens (tertiary/aromatic N) is 6. The van der Waals surface area contributed by atoms with E-state index in [0.29, 0.717) is 72.9 Å². The molecule has 4 aromatic rings. The monoisotopic (exact) mass is 651 g/mol. The molecule has 10 nitrogen and oxygen atoms in total. The number of H-pyrrole nitrogens is 1. The first-order chi connectivity index (χ1) is 22.4. The highest BCUT2D eigenvalue weighted by Gasteiger charge is 2.50. The maximum atomic E-state index is 17.1. The van der Waals surface area contributed by atoms with Gasteiger partial charge in [-0.25, -0.2) is 8.78 Å². The molecule has 7 aliphatic rings. The van der Waals surface area contributed by atoms with Gasteiger partial charge in [0.05, 0.1) is 41.0 Å². The lowest BCUT2D eigenvalue weighted by atomic mass is 9.82. The van der Waals surface area contributed by atoms with Crippen LogP contribution in [0.5, 0.6) is 6.01 Å². The normalized spacial score (nSPS) is 29.7. The molecule has 0 saturated carbocycles. The van der Waals surface area contributed by atoms with Crippen LogP contribution in [0.4, 0.5) is 14.6 Å². The van der Waals surface area contributed by atoms with Gasteiger partial charge in [-0.05, 0) is 56.7 Å². The molecule has 0 aliphatic carbocycles. The molecule has 4 saturated heterocycles. The molecule has 242 valence electrons. The summed E-state index contributed by atoms with van der Waals surface area (Å²) in [6.07, 6.45) is 8.77. The van der Waals surface area contributed by atoms with Gasteiger partial charge in [-0.3, -0.25) is 15.0 Å². The molecule has 0 unspecified atom stereocenters. The number of benzene rings is 1. The van der Waals surface area contributed by atoms with E-state index in [4.69, 9.17) is 35.8 Å². The predicted molar refractivity (Wildman–Crippen MR) is 169 cm³/mol. The van der Waals surface area contributed by atoms with E-state index in [2.05, 4.69) is 25.0 Å². The first-order valence-corrected chi connectivity index (χ1v) is 16.8. The minimum Gasteiger partial charge on any atom is -0.461 e. The van der Waals surface area contributed by atoms with E-state index < -0.39 is 12.0 Å². The Balaban J connectivity index is 1.20. The van der Waals surface area contributed by atoms with Crippen molar-refractivity contribution in [1.82, 2.24) is 30.0 Å². The number of halogens is 3. The second-order valence-electron chi connectivity index (χ2n) is 13.8. The van der Waals surface area contributed by atoms with Crippen LogP contribution >= 0.6 is 11.6 Å². The number of aromatic nitrogens is 5. The summed E-state index contributed by atoms with van der Waals surface area (Å²) in [6, 6.07) is 1.91. The van der Waals surface area contributed by atoms with Crippen LogP contribution in [-0.2, 0) is 15.9 Å². The van der Waals surface area contributed by atoms with Crippen LogP contribution in [0, 0.1) is 5.82 Å². The number of hydrogen-bond acceptors (Lipinski definition) is 9. The first-order valence-electron chi connectivity index (χ1n) is 16.4. The summed E-state index contributed by atoms with van der Waals surface area (Å²) in [4.78, 5) is 18.7. The highest BCUT2D eigenvalue weighted by atomic mass is 35.5. The minimum absolute atomic E-state index is 0.0405. The highest BCUT2D eigenvalue weighted by Crippen LogP contribution is 2.45. The lowest BCUT2D eigenvalue weighted by Gasteiger charge is -2.53. The number of fused-ring (bicyclic) bond motifs is 2. The van der Waals surface area contributed by atoms with Crippen LogP contribution in [0.25, 0.3) is 33.1 Å². The number of ether oxygens (including phenoxy) is 3. The van der Waals surface area contributed by atoms with E-state index in [0.717, 1.165) is 56.1 Å². The molecule has 10 heterocycles. The van der Waals surface area contributed by atoms with Crippen LogP contribution in [0.1, 0.15) is 50.5 Å². The Hall–Kier alpha value is -3.19. The standard InChI is InChI=1S/C33H36ClF2N7O3/c34-24-10-25-22(14-38-41-25)26-21(24)4-1-9-44-16-20-12-33(46-20)6-3-7-42(17-33)30-23-13-37-29(26)27(36)28(23)39-31(40-30)45-18-32-5-2-8-43(32)15-19(35)11-32/h10,13-14,19-20H,1-9,11-12,15-18H2,(H,38,41)/t19-,20+,32+,33+/m1/s1. The largest absolute Gasteiger partial charge is 0.461 e. The molecule has 7 aliphatic heterocycles. The summed E-state index contributed by atoms with van der Waals surface area (Å²) in [5.41, 5.74) is 1.65. The van der Waals surface area contributed by atoms with Crippen molar-refractivity contribution in [2.24, 2.45) is 0 Å². The van der Waals surface area contributed by atoms with Crippen molar-refractivity contribution in [1.29, 1.82) is 0 Å². The molecule has 1 aromatic carbocycles. The van der Waals surface area contributed by atoms with Crippen LogP contribution in [0.2, 0.25) is 5.02 Å². The Morgan fingerprint density at radius 1 is 1.11 bits per heavy atom. The number of hydrogen-bond donors (Lipinski definition) is 1. The van der Waals surface area contributed by atoms with Gasteiger partial charge < -0.3 is 19.1 Å². The summed E-state index contributed by atoms with van der Waals surface area (Å²) in [5.74, 6) is -0.00501. The molecule has 4 atom stereocenters. The molecule has 0 radical (unpaired) electrons. The lowest BCUT2D eigenvalue weighted by Crippen LogP contribution is -2.61. The lowest BCUT2D eigenvalue weighted by molar-refractivity contribution is -0.224. The van der Waals surface area contributed by atoms with Crippen molar-refractivity contribution in [3.8, 4) is 17.3 Å². The van der Waals surface area contributed by atoms with Crippen molar-refractivity contribution in [2.75, 3.05) is 50.9 Å². The average molecular weight is 652 g/mol. The third-order valence-corrected chi connectivity index (χ3v) is 11.1. The van der Waals surface area contributed by atoms with Crippen molar-refractivity contribution in [3.05, 3.63) is 34.9 Å². The van der Waals surface area contributed by atoms with Gasteiger partial charge in [0.15, 0.2) is 5.82 Å². The zero-order valence-electron chi connectivity index (χ0n) is 25.5. The van der Waals surface area contributed by atoms with Crippen LogP contribution in [0.3, 0.4) is 0 Å². The molecule has 13 heteroatoms. The van der Waals surface area contributed by atoms with Crippen molar-refractivity contribution in [3.63, 3.8) is 0 Å². The van der Waals surface area contributed by atoms with Gasteiger partial charge in [-0.15, -0.1) is 0 Å². The summed E-state index contributed by atoms with van der Waals surface area (Å²) in [5, 5.41) is 8.94. The summed E-state index contributed by atoms with van der Waals surface area (Å²) >= 11 is 6.83. The number of piperidine rings is 1. The van der Waals surface area contributed by atoms with E-state index in [1.165, 1.54) is 0 Å². The zero-order valence-corrected chi connectivity index (χ0v) is 26.3. The second kappa shape index (κ2) is 10.9. The van der Waals surface area contributed by atoms with Gasteiger partial charge >= 0.3 is 6.01 Å². The molecule has 1 spiro atoms. The van der Waals surface area contributed by atoms with E-state index in [-0.39, 0.29) is 41.1 Å². The molecular formula is C33H36ClF2N7O3. The molecule has 3 aromatic heterocycles. The topological polar surface area (TPSA) is 102 Å². The molecule has 11 rings (SSSR count). The third kappa shape index (κ3) is 4.66. The Kier molecular flexibility index (Phi) is 6.89. The van der Waals surface area contributed by atoms with Gasteiger partial charge in [0, 0.05) is 61.3 Å². The van der Waals surface area contributed by atoms with Crippen molar-refractivity contribution < 1.29 is 23.0 Å². The van der Waals surface area contributed by atoms with E-state index in [9.17, 15) is 4.39 Å². The van der Waals surface area contributed by atoms with Crippen LogP contribution in [0.15, 0.2) is 18.5 Å². The number of anilines is 1. The van der Waals surface area contributed by atoms with Gasteiger partial charge in [-0.1, -0.05) is 11.6 Å². The van der Waals surface area contributed by atoms with E-state index >= 15 is 4.39 Å². The quantitative estimate of drug-likeness (QED) is 0.312. The first kappa shape index (κ1) is 29.0. The third-order valence-electron chi connectivity index (χ3n) is 10.8. The average Bonchev–Trinajstić information content (AvgIpc) is 3.73. The van der Waals surface area contributed by atoms with Gasteiger partial charge in [0.2, 0.25) is 0 Å². The molecule has 46 heavy (non-hydrogen) atoms. The number of pyridine rings is 1. The predicted octanol–water partition coefficient (Wildman–Crippen LogP) is 5.41. The molecule has 0 amide bonds. The minimum atomic E-state index is -0.882. The van der Waals surface area contributed by atoms with Gasteiger partial charge in [0.1, 0.15) is 29.8 Å². The van der Waals surface area contributed by atoms with Crippen molar-refractivity contribution in [2.45, 2.75) is 74.8 Å². The zero-order chi connectivity index (χ0) is 31.0. The molecule has 7 bridgehead atoms. The number of nitrogens with one attached hydrogen (secondary N) is 1. The fourth-order valence-electron chi connectivity index (χ4n) is 8.72. The molecule has 1 N–H and O–H groups in total. The summed E-state index contributed by atoms with van der Waals surface area (Å²) in [7, 11) is 0. The number of rotatable bonds is 3. The Morgan fingerprint density at radius 2 is 2.00 bits per heavy atom. The van der Waals surface area contributed by atoms with Gasteiger partial charge in [-0.2, -0.15) is 15.1 Å². The van der Waals surface area contributed by atoms with E-state index in [1.807, 2.05) is 6.07 Å². The summed E-state index contributed by atoms with van der Waals surface area (Å²) < 4.78 is 50.4. The summed E-state index contributed by atoms with van der Waals surface area (Å²) in [6.45, 7) is 3.94. The molecular weight excluding hydrogens is 616 g/mol. The smallest absolute Gasteiger partial charge is 0.319 e. The highest BCUT2D eigenvalue weighted by molar-refractivity contribution is 6.33. The maximum absolute atomic E-state index is 17.1. The SMILES string of the molecule is Fc1c2ncc3c(nc(OC[C@@]45CCCN4C[C@H](F)C5)nc13)N1CCC[C@]3(C[C@@H](COCCCc4c(Cl)cc5[nH]ncc5c4-2)O3)C1. The maximum Gasteiger partial charge on any atom is 0.319 e. The molecule has 4 fully saturated rings. The van der Waals surface area contributed by atoms with Gasteiger partial charge in [0.25, 0.3) is 0 Å². The van der Waals surface area contributed by atoms with Crippen LogP contribution < -0.4 is 9.64 Å². The Labute approximate surface area is 269 Å². The Morgan fingerprint density at radius 3 is 2.91 bits per heavy atom. The number of aromatic amines is 1. The second-order valence-corrected chi connectivity index (χ2v) is 14.2. The fourth-order valence-corrected chi connectivity index (χ4v) is 9.02. The van der Waals surface area contributed by atoms with Crippen LogP contribution in [-0.4, -0.2) is 99.5 Å². The van der Waals surface area contributed by atoms with E-state index in [1.54, 1.807) is 12.4 Å².